The van der Waals surface area contributed by atoms with Crippen molar-refractivity contribution in [1.82, 2.24) is 0 Å². The predicted molar refractivity (Wildman–Crippen MR) is 64.1 cm³/mol. The zero-order valence-corrected chi connectivity index (χ0v) is 10.9. The summed E-state index contributed by atoms with van der Waals surface area (Å²) >= 11 is 0. The van der Waals surface area contributed by atoms with Gasteiger partial charge in [0.1, 0.15) is 0 Å². The van der Waals surface area contributed by atoms with Crippen LogP contribution in [0.2, 0.25) is 0 Å². The Labute approximate surface area is 98.4 Å². The molecule has 4 atom stereocenters. The van der Waals surface area contributed by atoms with Gasteiger partial charge in [-0.3, -0.25) is 0 Å². The molecule has 1 aliphatic heterocycles. The molecule has 1 saturated heterocycles. The third kappa shape index (κ3) is 3.06. The van der Waals surface area contributed by atoms with Gasteiger partial charge in [0.2, 0.25) is 0 Å². The highest BCUT2D eigenvalue weighted by Gasteiger charge is 2.40. The first-order chi connectivity index (χ1) is 7.40. The van der Waals surface area contributed by atoms with Crippen LogP contribution in [0.5, 0.6) is 0 Å². The van der Waals surface area contributed by atoms with Crippen LogP contribution in [-0.4, -0.2) is 30.2 Å². The van der Waals surface area contributed by atoms with Crippen LogP contribution >= 0.6 is 0 Å². The van der Waals surface area contributed by atoms with E-state index in [1.807, 2.05) is 26.0 Å². The minimum atomic E-state index is -0.216. The Kier molecular flexibility index (Phi) is 4.53. The van der Waals surface area contributed by atoms with Gasteiger partial charge in [-0.05, 0) is 13.8 Å². The SMILES string of the molecule is C/C=C/[C@@H]1O[C@H](C(C)(C)C)O[C@H](C)[C@@H]1CO. The second-order valence-electron chi connectivity index (χ2n) is 5.51. The largest absolute Gasteiger partial charge is 0.396 e. The maximum atomic E-state index is 9.35. The number of hydrogen-bond donors (Lipinski definition) is 1. The molecule has 0 aromatic rings. The highest BCUT2D eigenvalue weighted by Crippen LogP contribution is 2.34. The van der Waals surface area contributed by atoms with Crippen molar-refractivity contribution in [3.05, 3.63) is 12.2 Å². The Bertz CT molecular complexity index is 242. The number of rotatable bonds is 2. The molecule has 0 amide bonds. The van der Waals surface area contributed by atoms with Gasteiger partial charge in [-0.2, -0.15) is 0 Å². The zero-order chi connectivity index (χ0) is 12.3. The maximum absolute atomic E-state index is 9.35. The van der Waals surface area contributed by atoms with Gasteiger partial charge in [0, 0.05) is 11.3 Å². The molecule has 1 fully saturated rings. The summed E-state index contributed by atoms with van der Waals surface area (Å²) in [5.74, 6) is 0.0230. The Morgan fingerprint density at radius 3 is 2.31 bits per heavy atom. The van der Waals surface area contributed by atoms with Crippen LogP contribution in [0.1, 0.15) is 34.6 Å². The molecule has 1 heterocycles. The fourth-order valence-corrected chi connectivity index (χ4v) is 1.88. The van der Waals surface area contributed by atoms with E-state index in [0.717, 1.165) is 0 Å². The van der Waals surface area contributed by atoms with Gasteiger partial charge in [0.05, 0.1) is 18.8 Å². The number of aliphatic hydroxyl groups excluding tert-OH is 1. The molecule has 0 spiro atoms. The highest BCUT2D eigenvalue weighted by atomic mass is 16.7. The molecule has 16 heavy (non-hydrogen) atoms. The highest BCUT2D eigenvalue weighted by molar-refractivity contribution is 4.96. The summed E-state index contributed by atoms with van der Waals surface area (Å²) in [7, 11) is 0. The Morgan fingerprint density at radius 1 is 1.25 bits per heavy atom. The summed E-state index contributed by atoms with van der Waals surface area (Å²) in [6.45, 7) is 10.3. The molecule has 0 aromatic carbocycles. The van der Waals surface area contributed by atoms with Crippen LogP contribution in [0.3, 0.4) is 0 Å². The molecule has 0 bridgehead atoms. The number of allylic oxidation sites excluding steroid dienone is 1. The van der Waals surface area contributed by atoms with Crippen LogP contribution < -0.4 is 0 Å². The van der Waals surface area contributed by atoms with E-state index in [2.05, 4.69) is 20.8 Å². The van der Waals surface area contributed by atoms with Crippen molar-refractivity contribution in [3.63, 3.8) is 0 Å². The average molecular weight is 228 g/mol. The van der Waals surface area contributed by atoms with Crippen molar-refractivity contribution in [2.45, 2.75) is 53.1 Å². The van der Waals surface area contributed by atoms with Crippen LogP contribution in [0.15, 0.2) is 12.2 Å². The Balaban J connectivity index is 2.80. The first-order valence-corrected chi connectivity index (χ1v) is 5.94. The van der Waals surface area contributed by atoms with Crippen molar-refractivity contribution >= 4 is 0 Å². The van der Waals surface area contributed by atoms with Crippen molar-refractivity contribution in [1.29, 1.82) is 0 Å². The third-order valence-corrected chi connectivity index (χ3v) is 2.94. The van der Waals surface area contributed by atoms with Gasteiger partial charge >= 0.3 is 0 Å². The van der Waals surface area contributed by atoms with E-state index >= 15 is 0 Å². The molecule has 0 radical (unpaired) electrons. The van der Waals surface area contributed by atoms with E-state index in [1.54, 1.807) is 0 Å². The lowest BCUT2D eigenvalue weighted by atomic mass is 9.91. The molecule has 1 N–H and O–H groups in total. The van der Waals surface area contributed by atoms with Gasteiger partial charge in [-0.25, -0.2) is 0 Å². The monoisotopic (exact) mass is 228 g/mol. The standard InChI is InChI=1S/C13H24O3/c1-6-7-11-10(8-14)9(2)15-12(16-11)13(3,4)5/h6-7,9-12,14H,8H2,1-5H3/b7-6+/t9-,10+,11+,12-/m1/s1. The molecule has 3 nitrogen and oxygen atoms in total. The van der Waals surface area contributed by atoms with Crippen LogP contribution in [0.25, 0.3) is 0 Å². The lowest BCUT2D eigenvalue weighted by molar-refractivity contribution is -0.290. The van der Waals surface area contributed by atoms with Crippen molar-refractivity contribution in [2.24, 2.45) is 11.3 Å². The van der Waals surface area contributed by atoms with E-state index in [1.165, 1.54) is 0 Å². The second kappa shape index (κ2) is 5.30. The molecule has 0 aliphatic carbocycles. The lowest BCUT2D eigenvalue weighted by Gasteiger charge is -2.43. The number of aliphatic hydroxyl groups is 1. The molecule has 3 heteroatoms. The van der Waals surface area contributed by atoms with E-state index in [9.17, 15) is 5.11 Å². The second-order valence-corrected chi connectivity index (χ2v) is 5.51. The summed E-state index contributed by atoms with van der Waals surface area (Å²) in [5, 5.41) is 9.35. The van der Waals surface area contributed by atoms with Crippen molar-refractivity contribution < 1.29 is 14.6 Å². The molecular weight excluding hydrogens is 204 g/mol. The minimum absolute atomic E-state index is 0.0178. The molecule has 94 valence electrons. The smallest absolute Gasteiger partial charge is 0.163 e. The van der Waals surface area contributed by atoms with Gasteiger partial charge in [-0.1, -0.05) is 32.9 Å². The normalized spacial score (nSPS) is 36.9. The summed E-state index contributed by atoms with van der Waals surface area (Å²) in [4.78, 5) is 0. The van der Waals surface area contributed by atoms with Crippen LogP contribution in [0.4, 0.5) is 0 Å². The Morgan fingerprint density at radius 2 is 1.88 bits per heavy atom. The van der Waals surface area contributed by atoms with Crippen LogP contribution in [-0.2, 0) is 9.47 Å². The summed E-state index contributed by atoms with van der Waals surface area (Å²) in [6.07, 6.45) is 3.71. The van der Waals surface area contributed by atoms with Gasteiger partial charge < -0.3 is 14.6 Å². The molecule has 0 aromatic heterocycles. The van der Waals surface area contributed by atoms with Gasteiger partial charge in [0.25, 0.3) is 0 Å². The summed E-state index contributed by atoms with van der Waals surface area (Å²) in [5.41, 5.74) is -0.0471. The Hall–Kier alpha value is -0.380. The molecule has 0 unspecified atom stereocenters. The first kappa shape index (κ1) is 13.7. The quantitative estimate of drug-likeness (QED) is 0.737. The van der Waals surface area contributed by atoms with Crippen molar-refractivity contribution in [2.75, 3.05) is 6.61 Å². The zero-order valence-electron chi connectivity index (χ0n) is 10.9. The fourth-order valence-electron chi connectivity index (χ4n) is 1.88. The molecular formula is C13H24O3. The fraction of sp³-hybridized carbons (Fsp3) is 0.846. The van der Waals surface area contributed by atoms with E-state index < -0.39 is 0 Å². The minimum Gasteiger partial charge on any atom is -0.396 e. The van der Waals surface area contributed by atoms with E-state index in [4.69, 9.17) is 9.47 Å². The number of hydrogen-bond acceptors (Lipinski definition) is 3. The third-order valence-electron chi connectivity index (χ3n) is 2.94. The topological polar surface area (TPSA) is 38.7 Å². The molecule has 1 rings (SSSR count). The first-order valence-electron chi connectivity index (χ1n) is 5.94. The van der Waals surface area contributed by atoms with Crippen LogP contribution in [0, 0.1) is 11.3 Å². The van der Waals surface area contributed by atoms with Gasteiger partial charge in [0.15, 0.2) is 6.29 Å². The van der Waals surface area contributed by atoms with E-state index in [0.29, 0.717) is 0 Å². The van der Waals surface area contributed by atoms with E-state index in [-0.39, 0.29) is 36.4 Å². The molecule has 1 aliphatic rings. The summed E-state index contributed by atoms with van der Waals surface area (Å²) in [6, 6.07) is 0. The maximum Gasteiger partial charge on any atom is 0.163 e. The van der Waals surface area contributed by atoms with Gasteiger partial charge in [-0.15, -0.1) is 0 Å². The number of ether oxygens (including phenoxy) is 2. The van der Waals surface area contributed by atoms with Crippen molar-refractivity contribution in [3.8, 4) is 0 Å². The molecule has 0 saturated carbocycles. The predicted octanol–water partition coefficient (Wildman–Crippen LogP) is 2.35. The summed E-state index contributed by atoms with van der Waals surface area (Å²) < 4.78 is 11.7. The average Bonchev–Trinajstić information content (AvgIpc) is 2.16. The lowest BCUT2D eigenvalue weighted by Crippen LogP contribution is -2.50.